The highest BCUT2D eigenvalue weighted by Crippen LogP contribution is 2.12. The molecule has 0 saturated carbocycles. The molecule has 1 aromatic rings. The molecule has 104 valence electrons. The molecule has 0 fully saturated rings. The van der Waals surface area contributed by atoms with E-state index in [1.54, 1.807) is 45.0 Å². The van der Waals surface area contributed by atoms with Crippen molar-refractivity contribution >= 4 is 17.6 Å². The van der Waals surface area contributed by atoms with Gasteiger partial charge >= 0.3 is 5.97 Å². The van der Waals surface area contributed by atoms with Gasteiger partial charge < -0.3 is 15.8 Å². The highest BCUT2D eigenvalue weighted by atomic mass is 16.5. The number of carbonyl (C=O) groups is 2. The first-order valence-electron chi connectivity index (χ1n) is 6.18. The smallest absolute Gasteiger partial charge is 0.338 e. The number of carbonyl (C=O) groups excluding carboxylic acids is 2. The summed E-state index contributed by atoms with van der Waals surface area (Å²) in [5.74, 6) is -0.528. The summed E-state index contributed by atoms with van der Waals surface area (Å²) in [6, 6.07) is 6.55. The van der Waals surface area contributed by atoms with Crippen LogP contribution in [0.25, 0.3) is 0 Å². The van der Waals surface area contributed by atoms with E-state index >= 15 is 0 Å². The number of ether oxygens (including phenoxy) is 1. The highest BCUT2D eigenvalue weighted by Gasteiger charge is 2.16. The summed E-state index contributed by atoms with van der Waals surface area (Å²) in [5.41, 5.74) is 6.30. The van der Waals surface area contributed by atoms with Gasteiger partial charge in [-0.3, -0.25) is 4.79 Å². The second kappa shape index (κ2) is 6.33. The lowest BCUT2D eigenvalue weighted by atomic mass is 10.0. The van der Waals surface area contributed by atoms with E-state index in [0.717, 1.165) is 0 Å². The van der Waals surface area contributed by atoms with Crippen LogP contribution in [0, 0.1) is 0 Å². The molecule has 0 aliphatic carbocycles. The van der Waals surface area contributed by atoms with Crippen molar-refractivity contribution in [3.63, 3.8) is 0 Å². The molecule has 1 rings (SSSR count). The third-order valence-corrected chi connectivity index (χ3v) is 2.30. The molecule has 0 heterocycles. The molecule has 5 heteroatoms. The quantitative estimate of drug-likeness (QED) is 0.796. The Morgan fingerprint density at radius 2 is 1.84 bits per heavy atom. The van der Waals surface area contributed by atoms with Crippen LogP contribution < -0.4 is 11.1 Å². The molecular weight excluding hydrogens is 244 g/mol. The Hall–Kier alpha value is -1.88. The van der Waals surface area contributed by atoms with Crippen molar-refractivity contribution in [3.05, 3.63) is 29.8 Å². The van der Waals surface area contributed by atoms with Crippen molar-refractivity contribution in [3.8, 4) is 0 Å². The van der Waals surface area contributed by atoms with Crippen molar-refractivity contribution in [2.45, 2.75) is 32.7 Å². The first kappa shape index (κ1) is 15.2. The van der Waals surface area contributed by atoms with Crippen molar-refractivity contribution in [2.24, 2.45) is 5.73 Å². The summed E-state index contributed by atoms with van der Waals surface area (Å²) < 4.78 is 4.87. The Morgan fingerprint density at radius 1 is 1.26 bits per heavy atom. The van der Waals surface area contributed by atoms with E-state index in [1.165, 1.54) is 0 Å². The maximum atomic E-state index is 11.7. The first-order chi connectivity index (χ1) is 8.81. The van der Waals surface area contributed by atoms with Crippen LogP contribution in [0.5, 0.6) is 0 Å². The van der Waals surface area contributed by atoms with E-state index in [-0.39, 0.29) is 18.3 Å². The van der Waals surface area contributed by atoms with Crippen LogP contribution in [-0.2, 0) is 9.53 Å². The number of anilines is 1. The largest absolute Gasteiger partial charge is 0.462 e. The number of nitrogens with one attached hydrogen (secondary N) is 1. The Labute approximate surface area is 113 Å². The van der Waals surface area contributed by atoms with Crippen LogP contribution in [0.3, 0.4) is 0 Å². The van der Waals surface area contributed by atoms with Gasteiger partial charge in [0.15, 0.2) is 0 Å². The summed E-state index contributed by atoms with van der Waals surface area (Å²) in [6.07, 6.45) is 0.229. The van der Waals surface area contributed by atoms with Crippen LogP contribution in [-0.4, -0.2) is 24.0 Å². The average Bonchev–Trinajstić information content (AvgIpc) is 2.27. The third kappa shape index (κ3) is 5.52. The molecule has 19 heavy (non-hydrogen) atoms. The van der Waals surface area contributed by atoms with Gasteiger partial charge in [-0.15, -0.1) is 0 Å². The topological polar surface area (TPSA) is 81.4 Å². The van der Waals surface area contributed by atoms with Crippen molar-refractivity contribution in [2.75, 3.05) is 11.9 Å². The zero-order valence-corrected chi connectivity index (χ0v) is 11.5. The minimum absolute atomic E-state index is 0.156. The normalized spacial score (nSPS) is 10.9. The lowest BCUT2D eigenvalue weighted by Crippen LogP contribution is -2.36. The fourth-order valence-electron chi connectivity index (χ4n) is 1.52. The van der Waals surface area contributed by atoms with Crippen LogP contribution in [0.1, 0.15) is 37.6 Å². The van der Waals surface area contributed by atoms with Crippen LogP contribution >= 0.6 is 0 Å². The maximum Gasteiger partial charge on any atom is 0.338 e. The Morgan fingerprint density at radius 3 is 2.32 bits per heavy atom. The zero-order chi connectivity index (χ0) is 14.5. The number of nitrogens with two attached hydrogens (primary N) is 1. The third-order valence-electron chi connectivity index (χ3n) is 2.30. The Bertz CT molecular complexity index is 447. The molecular formula is C14H20N2O3. The number of amides is 1. The summed E-state index contributed by atoms with van der Waals surface area (Å²) in [6.45, 7) is 5.66. The fourth-order valence-corrected chi connectivity index (χ4v) is 1.52. The highest BCUT2D eigenvalue weighted by molar-refractivity contribution is 5.93. The summed E-state index contributed by atoms with van der Waals surface area (Å²) in [5, 5.41) is 2.73. The van der Waals surface area contributed by atoms with Gasteiger partial charge in [0.25, 0.3) is 0 Å². The summed E-state index contributed by atoms with van der Waals surface area (Å²) >= 11 is 0. The van der Waals surface area contributed by atoms with Crippen LogP contribution in [0.2, 0.25) is 0 Å². The monoisotopic (exact) mass is 264 g/mol. The minimum atomic E-state index is -0.547. The van der Waals surface area contributed by atoms with Gasteiger partial charge in [-0.1, -0.05) is 0 Å². The van der Waals surface area contributed by atoms with E-state index in [4.69, 9.17) is 10.5 Å². The fraction of sp³-hybridized carbons (Fsp3) is 0.429. The van der Waals surface area contributed by atoms with Gasteiger partial charge in [0.05, 0.1) is 12.2 Å². The van der Waals surface area contributed by atoms with Gasteiger partial charge in [0.1, 0.15) is 0 Å². The molecule has 1 aromatic carbocycles. The van der Waals surface area contributed by atoms with Gasteiger partial charge in [-0.2, -0.15) is 0 Å². The molecule has 0 aliphatic heterocycles. The molecule has 0 atom stereocenters. The molecule has 1 amide bonds. The Kier molecular flexibility index (Phi) is 5.06. The second-order valence-corrected chi connectivity index (χ2v) is 5.01. The molecule has 0 aliphatic rings. The molecule has 3 N–H and O–H groups in total. The van der Waals surface area contributed by atoms with Crippen molar-refractivity contribution in [1.82, 2.24) is 0 Å². The predicted octanol–water partition coefficient (Wildman–Crippen LogP) is 1.93. The van der Waals surface area contributed by atoms with Crippen LogP contribution in [0.4, 0.5) is 5.69 Å². The Balaban J connectivity index is 2.62. The summed E-state index contributed by atoms with van der Waals surface area (Å²) in [4.78, 5) is 23.1. The number of esters is 1. The van der Waals surface area contributed by atoms with Gasteiger partial charge in [-0.05, 0) is 45.0 Å². The maximum absolute atomic E-state index is 11.7. The van der Waals surface area contributed by atoms with Gasteiger partial charge in [0, 0.05) is 17.6 Å². The van der Waals surface area contributed by atoms with E-state index in [0.29, 0.717) is 17.9 Å². The molecule has 5 nitrogen and oxygen atoms in total. The standard InChI is InChI=1S/C14H20N2O3/c1-4-19-13(18)10-5-7-11(8-6-10)16-12(17)9-14(2,3)15/h5-8H,4,9,15H2,1-3H3,(H,16,17). The van der Waals surface area contributed by atoms with Gasteiger partial charge in [0.2, 0.25) is 5.91 Å². The lowest BCUT2D eigenvalue weighted by molar-refractivity contribution is -0.117. The van der Waals surface area contributed by atoms with E-state index in [2.05, 4.69) is 5.32 Å². The van der Waals surface area contributed by atoms with Crippen molar-refractivity contribution in [1.29, 1.82) is 0 Å². The van der Waals surface area contributed by atoms with Crippen LogP contribution in [0.15, 0.2) is 24.3 Å². The van der Waals surface area contributed by atoms with E-state index in [1.807, 2.05) is 0 Å². The SMILES string of the molecule is CCOC(=O)c1ccc(NC(=O)CC(C)(C)N)cc1. The molecule has 0 saturated heterocycles. The number of hydrogen-bond acceptors (Lipinski definition) is 4. The predicted molar refractivity (Wildman–Crippen MR) is 73.9 cm³/mol. The average molecular weight is 264 g/mol. The molecule has 0 spiro atoms. The zero-order valence-electron chi connectivity index (χ0n) is 11.5. The van der Waals surface area contributed by atoms with E-state index < -0.39 is 5.54 Å². The molecule has 0 unspecified atom stereocenters. The molecule has 0 radical (unpaired) electrons. The minimum Gasteiger partial charge on any atom is -0.462 e. The number of rotatable bonds is 5. The molecule has 0 aromatic heterocycles. The first-order valence-corrected chi connectivity index (χ1v) is 6.18. The molecule has 0 bridgehead atoms. The second-order valence-electron chi connectivity index (χ2n) is 5.01. The lowest BCUT2D eigenvalue weighted by Gasteiger charge is -2.17. The number of hydrogen-bond donors (Lipinski definition) is 2. The van der Waals surface area contributed by atoms with E-state index in [9.17, 15) is 9.59 Å². The van der Waals surface area contributed by atoms with Gasteiger partial charge in [-0.25, -0.2) is 4.79 Å². The number of benzene rings is 1. The summed E-state index contributed by atoms with van der Waals surface area (Å²) in [7, 11) is 0. The van der Waals surface area contributed by atoms with Crippen molar-refractivity contribution < 1.29 is 14.3 Å².